The average molecular weight is 233 g/mol. The molecule has 5 N–H and O–H groups in total. The number of nitrogens with two attached hydrogens (primary N) is 2. The van der Waals surface area contributed by atoms with E-state index in [1.807, 2.05) is 0 Å². The molecule has 0 bridgehead atoms. The number of carboxylic acid groups (broad SMARTS) is 1. The van der Waals surface area contributed by atoms with Crippen LogP contribution in [0.1, 0.15) is 26.2 Å². The van der Waals surface area contributed by atoms with Crippen molar-refractivity contribution in [2.24, 2.45) is 16.5 Å². The summed E-state index contributed by atoms with van der Waals surface area (Å²) < 4.78 is 0. The monoisotopic (exact) mass is 233 g/mol. The quantitative estimate of drug-likeness (QED) is 0.340. The molecule has 0 aliphatic rings. The van der Waals surface area contributed by atoms with E-state index in [-0.39, 0.29) is 0 Å². The zero-order valence-electron chi connectivity index (χ0n) is 8.98. The number of nitrogens with zero attached hydrogens (tertiary/aromatic N) is 1. The lowest BCUT2D eigenvalue weighted by atomic mass is 10.2. The van der Waals surface area contributed by atoms with Gasteiger partial charge in [-0.1, -0.05) is 18.7 Å². The van der Waals surface area contributed by atoms with E-state index in [0.29, 0.717) is 24.6 Å². The molecule has 0 saturated heterocycles. The standard InChI is InChI=1S/C9H19N3O2S/c1-2-6-15-9(11)12-5-3-4-7(10)8(13)14/h7H,2-6,10H2,1H3,(H2,11,12)(H,13,14). The Labute approximate surface area is 94.3 Å². The maximum absolute atomic E-state index is 10.4. The molecule has 0 saturated carbocycles. The van der Waals surface area contributed by atoms with Gasteiger partial charge in [-0.15, -0.1) is 0 Å². The van der Waals surface area contributed by atoms with E-state index in [2.05, 4.69) is 11.9 Å². The summed E-state index contributed by atoms with van der Waals surface area (Å²) in [5.74, 6) is -0.00318. The number of hydrogen-bond acceptors (Lipinski definition) is 4. The van der Waals surface area contributed by atoms with Crippen LogP contribution < -0.4 is 11.5 Å². The van der Waals surface area contributed by atoms with Gasteiger partial charge in [0.25, 0.3) is 0 Å². The zero-order chi connectivity index (χ0) is 11.7. The zero-order valence-corrected chi connectivity index (χ0v) is 9.80. The van der Waals surface area contributed by atoms with Crippen LogP contribution >= 0.6 is 11.8 Å². The summed E-state index contributed by atoms with van der Waals surface area (Å²) in [7, 11) is 0. The van der Waals surface area contributed by atoms with Gasteiger partial charge < -0.3 is 16.6 Å². The van der Waals surface area contributed by atoms with Crippen molar-refractivity contribution in [2.75, 3.05) is 12.3 Å². The summed E-state index contributed by atoms with van der Waals surface area (Å²) in [6.45, 7) is 2.62. The second kappa shape index (κ2) is 8.55. The van der Waals surface area contributed by atoms with Gasteiger partial charge in [0.15, 0.2) is 5.17 Å². The first-order valence-electron chi connectivity index (χ1n) is 4.99. The predicted molar refractivity (Wildman–Crippen MR) is 64.1 cm³/mol. The molecule has 0 aromatic rings. The number of thioether (sulfide) groups is 1. The molecule has 1 unspecified atom stereocenters. The van der Waals surface area contributed by atoms with Gasteiger partial charge in [0.05, 0.1) is 0 Å². The Morgan fingerprint density at radius 1 is 1.60 bits per heavy atom. The molecule has 0 fully saturated rings. The molecule has 0 aromatic heterocycles. The molecule has 88 valence electrons. The lowest BCUT2D eigenvalue weighted by molar-refractivity contribution is -0.138. The fourth-order valence-corrected chi connectivity index (χ4v) is 1.47. The predicted octanol–water partition coefficient (Wildman–Crippen LogP) is 0.636. The highest BCUT2D eigenvalue weighted by atomic mass is 32.2. The maximum atomic E-state index is 10.4. The Bertz CT molecular complexity index is 221. The van der Waals surface area contributed by atoms with E-state index < -0.39 is 12.0 Å². The normalized spacial score (nSPS) is 13.9. The van der Waals surface area contributed by atoms with Gasteiger partial charge in [-0.3, -0.25) is 9.79 Å². The van der Waals surface area contributed by atoms with Crippen LogP contribution in [0.2, 0.25) is 0 Å². The topological polar surface area (TPSA) is 102 Å². The highest BCUT2D eigenvalue weighted by molar-refractivity contribution is 8.13. The van der Waals surface area contributed by atoms with Gasteiger partial charge in [-0.05, 0) is 19.3 Å². The van der Waals surface area contributed by atoms with Gasteiger partial charge in [-0.25, -0.2) is 0 Å². The Hall–Kier alpha value is -0.750. The fourth-order valence-electron chi connectivity index (χ4n) is 0.876. The molecule has 5 nitrogen and oxygen atoms in total. The van der Waals surface area contributed by atoms with Crippen molar-refractivity contribution in [3.63, 3.8) is 0 Å². The molecule has 0 radical (unpaired) electrons. The molecule has 15 heavy (non-hydrogen) atoms. The van der Waals surface area contributed by atoms with E-state index in [1.54, 1.807) is 0 Å². The maximum Gasteiger partial charge on any atom is 0.320 e. The summed E-state index contributed by atoms with van der Waals surface area (Å²) in [6.07, 6.45) is 2.15. The highest BCUT2D eigenvalue weighted by Gasteiger charge is 2.09. The van der Waals surface area contributed by atoms with E-state index in [0.717, 1.165) is 12.2 Å². The minimum absolute atomic E-state index is 0.435. The van der Waals surface area contributed by atoms with Crippen LogP contribution in [0.4, 0.5) is 0 Å². The second-order valence-electron chi connectivity index (χ2n) is 3.16. The Morgan fingerprint density at radius 3 is 2.80 bits per heavy atom. The highest BCUT2D eigenvalue weighted by Crippen LogP contribution is 2.02. The molecule has 0 aliphatic carbocycles. The van der Waals surface area contributed by atoms with Crippen LogP contribution in [0, 0.1) is 0 Å². The number of carbonyl (C=O) groups is 1. The summed E-state index contributed by atoms with van der Waals surface area (Å²) >= 11 is 1.52. The summed E-state index contributed by atoms with van der Waals surface area (Å²) in [5, 5.41) is 9.09. The lowest BCUT2D eigenvalue weighted by Crippen LogP contribution is -2.30. The molecule has 0 amide bonds. The minimum atomic E-state index is -0.965. The van der Waals surface area contributed by atoms with E-state index in [4.69, 9.17) is 16.6 Å². The summed E-state index contributed by atoms with van der Waals surface area (Å²) in [6, 6.07) is -0.787. The molecule has 6 heteroatoms. The van der Waals surface area contributed by atoms with Crippen molar-refractivity contribution >= 4 is 22.9 Å². The smallest absolute Gasteiger partial charge is 0.320 e. The van der Waals surface area contributed by atoms with Gasteiger partial charge in [-0.2, -0.15) is 0 Å². The SMILES string of the molecule is CCCSC(N)=NCCCC(N)C(=O)O. The van der Waals surface area contributed by atoms with Gasteiger partial charge in [0.1, 0.15) is 6.04 Å². The van der Waals surface area contributed by atoms with E-state index in [9.17, 15) is 4.79 Å². The molecule has 1 atom stereocenters. The van der Waals surface area contributed by atoms with Crippen LogP contribution in [-0.2, 0) is 4.79 Å². The first-order chi connectivity index (χ1) is 7.07. The van der Waals surface area contributed by atoms with Crippen molar-refractivity contribution in [2.45, 2.75) is 32.2 Å². The number of carboxylic acids is 1. The average Bonchev–Trinajstić information content (AvgIpc) is 2.20. The summed E-state index contributed by atoms with van der Waals surface area (Å²) in [4.78, 5) is 14.5. The van der Waals surface area contributed by atoms with Gasteiger partial charge in [0, 0.05) is 12.3 Å². The summed E-state index contributed by atoms with van der Waals surface area (Å²) in [5.41, 5.74) is 10.9. The van der Waals surface area contributed by atoms with Crippen molar-refractivity contribution in [3.8, 4) is 0 Å². The van der Waals surface area contributed by atoms with Crippen LogP contribution in [0.3, 0.4) is 0 Å². The number of rotatable bonds is 7. The molecule has 0 aromatic carbocycles. The largest absolute Gasteiger partial charge is 0.480 e. The van der Waals surface area contributed by atoms with Crippen LogP contribution in [0.5, 0.6) is 0 Å². The molecule has 0 heterocycles. The first-order valence-corrected chi connectivity index (χ1v) is 5.97. The van der Waals surface area contributed by atoms with Crippen molar-refractivity contribution < 1.29 is 9.90 Å². The van der Waals surface area contributed by atoms with E-state index >= 15 is 0 Å². The van der Waals surface area contributed by atoms with Crippen LogP contribution in [-0.4, -0.2) is 34.6 Å². The van der Waals surface area contributed by atoms with Crippen molar-refractivity contribution in [1.82, 2.24) is 0 Å². The first kappa shape index (κ1) is 14.2. The third-order valence-corrected chi connectivity index (χ3v) is 2.75. The van der Waals surface area contributed by atoms with Crippen molar-refractivity contribution in [3.05, 3.63) is 0 Å². The third kappa shape index (κ3) is 8.26. The molecule has 0 aliphatic heterocycles. The minimum Gasteiger partial charge on any atom is -0.480 e. The van der Waals surface area contributed by atoms with Crippen LogP contribution in [0.25, 0.3) is 0 Å². The molecular weight excluding hydrogens is 214 g/mol. The number of hydrogen-bond donors (Lipinski definition) is 3. The molecular formula is C9H19N3O2S. The lowest BCUT2D eigenvalue weighted by Gasteiger charge is -2.04. The van der Waals surface area contributed by atoms with E-state index in [1.165, 1.54) is 11.8 Å². The second-order valence-corrected chi connectivity index (χ2v) is 4.27. The fraction of sp³-hybridized carbons (Fsp3) is 0.778. The molecule has 0 spiro atoms. The van der Waals surface area contributed by atoms with Gasteiger partial charge >= 0.3 is 5.97 Å². The van der Waals surface area contributed by atoms with Crippen molar-refractivity contribution in [1.29, 1.82) is 0 Å². The molecule has 0 rings (SSSR count). The number of amidine groups is 1. The Kier molecular flexibility index (Phi) is 8.12. The Balaban J connectivity index is 3.55. The third-order valence-electron chi connectivity index (χ3n) is 1.71. The number of aliphatic imine (C=N–C) groups is 1. The van der Waals surface area contributed by atoms with Crippen LogP contribution in [0.15, 0.2) is 4.99 Å². The Morgan fingerprint density at radius 2 is 2.27 bits per heavy atom. The van der Waals surface area contributed by atoms with Gasteiger partial charge in [0.2, 0.25) is 0 Å². The number of aliphatic carboxylic acids is 1.